The summed E-state index contributed by atoms with van der Waals surface area (Å²) >= 11 is 0. The summed E-state index contributed by atoms with van der Waals surface area (Å²) < 4.78 is 2.11. The maximum Gasteiger partial charge on any atom is 0.268 e. The van der Waals surface area contributed by atoms with Crippen LogP contribution in [0.5, 0.6) is 0 Å². The van der Waals surface area contributed by atoms with Gasteiger partial charge in [-0.2, -0.15) is 0 Å². The molecule has 0 radical (unpaired) electrons. The van der Waals surface area contributed by atoms with Crippen LogP contribution in [0.4, 0.5) is 11.4 Å². The van der Waals surface area contributed by atoms with E-state index >= 15 is 0 Å². The number of hydrogen-bond acceptors (Lipinski definition) is 2. The summed E-state index contributed by atoms with van der Waals surface area (Å²) in [7, 11) is 0. The smallest absolute Gasteiger partial charge is 0.268 e. The molecule has 0 saturated heterocycles. The van der Waals surface area contributed by atoms with Crippen LogP contribution in [0.2, 0.25) is 0 Å². The number of benzene rings is 7. The molecule has 2 heterocycles. The van der Waals surface area contributed by atoms with Crippen molar-refractivity contribution in [2.24, 2.45) is 0 Å². The van der Waals surface area contributed by atoms with E-state index in [0.717, 1.165) is 60.8 Å². The predicted molar refractivity (Wildman–Crippen MR) is 206 cm³/mol. The Morgan fingerprint density at radius 2 is 1.20 bits per heavy atom. The maximum atomic E-state index is 14.8. The van der Waals surface area contributed by atoms with Gasteiger partial charge in [-0.25, -0.2) is 9.74 Å². The molecule has 8 aromatic rings. The minimum atomic E-state index is -0.358. The molecule has 2 amide bonds. The van der Waals surface area contributed by atoms with Gasteiger partial charge in [0.2, 0.25) is 0 Å². The average molecular weight is 656 g/mol. The number of para-hydroxylation sites is 1. The van der Waals surface area contributed by atoms with Crippen molar-refractivity contribution in [1.82, 2.24) is 4.57 Å². The first-order valence-electron chi connectivity index (χ1n) is 16.8. The molecular formula is C46H29N3O2. The molecule has 1 aliphatic heterocycles. The maximum absolute atomic E-state index is 14.8. The van der Waals surface area contributed by atoms with Crippen molar-refractivity contribution < 1.29 is 9.59 Å². The lowest BCUT2D eigenvalue weighted by atomic mass is 9.95. The van der Waals surface area contributed by atoms with Crippen molar-refractivity contribution in [3.8, 4) is 39.1 Å². The van der Waals surface area contributed by atoms with Crippen molar-refractivity contribution in [3.63, 3.8) is 0 Å². The Bertz CT molecular complexity index is 2760. The molecule has 0 fully saturated rings. The number of anilines is 1. The molecule has 5 heteroatoms. The zero-order valence-electron chi connectivity index (χ0n) is 27.7. The van der Waals surface area contributed by atoms with Crippen LogP contribution in [-0.4, -0.2) is 16.4 Å². The molecule has 5 nitrogen and oxygen atoms in total. The number of rotatable bonds is 5. The van der Waals surface area contributed by atoms with Crippen molar-refractivity contribution in [1.29, 1.82) is 0 Å². The van der Waals surface area contributed by atoms with Gasteiger partial charge in [-0.15, -0.1) is 0 Å². The van der Waals surface area contributed by atoms with E-state index < -0.39 is 0 Å². The largest absolute Gasteiger partial charge is 0.308 e. The Morgan fingerprint density at radius 3 is 1.96 bits per heavy atom. The van der Waals surface area contributed by atoms with E-state index in [1.165, 1.54) is 4.90 Å². The molecule has 1 aliphatic rings. The lowest BCUT2D eigenvalue weighted by Crippen LogP contribution is -2.30. The quantitative estimate of drug-likeness (QED) is 0.137. The van der Waals surface area contributed by atoms with Crippen molar-refractivity contribution >= 4 is 45.0 Å². The topological polar surface area (TPSA) is 46.7 Å². The number of hydrogen-bond donors (Lipinski definition) is 0. The zero-order valence-corrected chi connectivity index (χ0v) is 27.7. The van der Waals surface area contributed by atoms with Gasteiger partial charge >= 0.3 is 0 Å². The second-order valence-corrected chi connectivity index (χ2v) is 12.8. The normalized spacial score (nSPS) is 12.4. The molecule has 0 saturated carbocycles. The number of carbonyl (C=O) groups is 2. The zero-order chi connectivity index (χ0) is 34.6. The van der Waals surface area contributed by atoms with Gasteiger partial charge in [-0.1, -0.05) is 127 Å². The molecule has 9 rings (SSSR count). The molecule has 1 aromatic heterocycles. The van der Waals surface area contributed by atoms with E-state index in [1.807, 2.05) is 116 Å². The van der Waals surface area contributed by atoms with Gasteiger partial charge in [0.15, 0.2) is 5.69 Å². The van der Waals surface area contributed by atoms with Crippen molar-refractivity contribution in [2.45, 2.75) is 6.92 Å². The average Bonchev–Trinajstić information content (AvgIpc) is 3.66. The van der Waals surface area contributed by atoms with Gasteiger partial charge in [0.05, 0.1) is 40.1 Å². The van der Waals surface area contributed by atoms with E-state index in [4.69, 9.17) is 6.57 Å². The number of amides is 2. The molecule has 0 atom stereocenters. The van der Waals surface area contributed by atoms with Crippen LogP contribution >= 0.6 is 0 Å². The standard InChI is InChI=1S/C46H29N3O2/c1-29-27-33(47-2)24-25-34(29)35-18-11-21-41-43(35)36-17-9-10-20-39(36)48(41)42-22-12-19-37-44(42)46(51)49(45(37)50)40-26-23-32(30-13-5-3-6-14-30)28-38(40)31-15-7-4-8-16-31/h3-28H,1H3. The van der Waals surface area contributed by atoms with Crippen LogP contribution in [0.1, 0.15) is 26.3 Å². The van der Waals surface area contributed by atoms with E-state index in [0.29, 0.717) is 28.2 Å². The molecule has 240 valence electrons. The second-order valence-electron chi connectivity index (χ2n) is 12.8. The fourth-order valence-electron chi connectivity index (χ4n) is 7.59. The van der Waals surface area contributed by atoms with Crippen LogP contribution in [0.15, 0.2) is 158 Å². The summed E-state index contributed by atoms with van der Waals surface area (Å²) in [6.07, 6.45) is 0. The molecule has 51 heavy (non-hydrogen) atoms. The van der Waals surface area contributed by atoms with Gasteiger partial charge in [0.1, 0.15) is 0 Å². The van der Waals surface area contributed by atoms with Crippen molar-refractivity contribution in [3.05, 3.63) is 186 Å². The molecule has 0 bridgehead atoms. The molecule has 0 unspecified atom stereocenters. The van der Waals surface area contributed by atoms with E-state index in [9.17, 15) is 9.59 Å². The molecular weight excluding hydrogens is 627 g/mol. The highest BCUT2D eigenvalue weighted by atomic mass is 16.2. The van der Waals surface area contributed by atoms with Crippen LogP contribution in [0.3, 0.4) is 0 Å². The van der Waals surface area contributed by atoms with Crippen molar-refractivity contribution in [2.75, 3.05) is 4.90 Å². The monoisotopic (exact) mass is 655 g/mol. The summed E-state index contributed by atoms with van der Waals surface area (Å²) in [6, 6.07) is 51.6. The van der Waals surface area contributed by atoms with Crippen LogP contribution in [0, 0.1) is 13.5 Å². The second kappa shape index (κ2) is 11.8. The number of imide groups is 1. The van der Waals surface area contributed by atoms with Crippen LogP contribution in [-0.2, 0) is 0 Å². The van der Waals surface area contributed by atoms with Gasteiger partial charge in [-0.3, -0.25) is 9.59 Å². The third-order valence-electron chi connectivity index (χ3n) is 9.89. The Labute approximate surface area is 295 Å². The van der Waals surface area contributed by atoms with Gasteiger partial charge in [0, 0.05) is 16.3 Å². The third kappa shape index (κ3) is 4.69. The lowest BCUT2D eigenvalue weighted by Gasteiger charge is -2.20. The summed E-state index contributed by atoms with van der Waals surface area (Å²) in [5.41, 5.74) is 11.2. The minimum absolute atomic E-state index is 0.349. The predicted octanol–water partition coefficient (Wildman–Crippen LogP) is 11.4. The fourth-order valence-corrected chi connectivity index (χ4v) is 7.59. The third-order valence-corrected chi connectivity index (χ3v) is 9.89. The lowest BCUT2D eigenvalue weighted by molar-refractivity contribution is 0.0926. The summed E-state index contributed by atoms with van der Waals surface area (Å²) in [5.74, 6) is -0.707. The molecule has 0 spiro atoms. The van der Waals surface area contributed by atoms with Gasteiger partial charge in [-0.05, 0) is 71.1 Å². The van der Waals surface area contributed by atoms with Crippen LogP contribution in [0.25, 0.3) is 65.7 Å². The summed E-state index contributed by atoms with van der Waals surface area (Å²) in [4.78, 5) is 34.2. The Kier molecular flexibility index (Phi) is 6.98. The Morgan fingerprint density at radius 1 is 0.510 bits per heavy atom. The highest BCUT2D eigenvalue weighted by molar-refractivity contribution is 6.36. The number of carbonyl (C=O) groups excluding carboxylic acids is 2. The van der Waals surface area contributed by atoms with Crippen LogP contribution < -0.4 is 4.90 Å². The van der Waals surface area contributed by atoms with Gasteiger partial charge in [0.25, 0.3) is 11.8 Å². The highest BCUT2D eigenvalue weighted by Crippen LogP contribution is 2.44. The first-order valence-corrected chi connectivity index (χ1v) is 16.8. The number of nitrogens with zero attached hydrogens (tertiary/aromatic N) is 3. The molecule has 7 aromatic carbocycles. The first kappa shape index (κ1) is 30.1. The summed E-state index contributed by atoms with van der Waals surface area (Å²) in [5, 5.41) is 2.08. The van der Waals surface area contributed by atoms with E-state index in [2.05, 4.69) is 51.9 Å². The Balaban J connectivity index is 1.24. The summed E-state index contributed by atoms with van der Waals surface area (Å²) in [6.45, 7) is 9.51. The minimum Gasteiger partial charge on any atom is -0.308 e. The molecule has 0 N–H and O–H groups in total. The number of aromatic nitrogens is 1. The van der Waals surface area contributed by atoms with E-state index in [-0.39, 0.29) is 11.8 Å². The van der Waals surface area contributed by atoms with Gasteiger partial charge < -0.3 is 4.57 Å². The number of fused-ring (bicyclic) bond motifs is 4. The molecule has 0 aliphatic carbocycles. The fraction of sp³-hybridized carbons (Fsp3) is 0.0217. The van der Waals surface area contributed by atoms with E-state index in [1.54, 1.807) is 6.07 Å². The first-order chi connectivity index (χ1) is 25.0. The SMILES string of the molecule is [C-]#[N+]c1ccc(-c2cccc3c2c2ccccc2n3-c2cccc3c2C(=O)N(c2ccc(-c4ccccc4)cc2-c2ccccc2)C3=O)c(C)c1. The highest BCUT2D eigenvalue weighted by Gasteiger charge is 2.40. The number of aryl methyl sites for hydroxylation is 1. The Hall–Kier alpha value is -7.03.